The fourth-order valence-corrected chi connectivity index (χ4v) is 1.40. The van der Waals surface area contributed by atoms with E-state index in [1.165, 1.54) is 12.1 Å². The van der Waals surface area contributed by atoms with Gasteiger partial charge < -0.3 is 4.74 Å². The van der Waals surface area contributed by atoms with Gasteiger partial charge in [0.25, 0.3) is 0 Å². The van der Waals surface area contributed by atoms with Gasteiger partial charge in [-0.25, -0.2) is 4.79 Å². The van der Waals surface area contributed by atoms with E-state index in [0.29, 0.717) is 6.29 Å². The molecule has 0 saturated heterocycles. The van der Waals surface area contributed by atoms with Crippen LogP contribution in [0.2, 0.25) is 5.02 Å². The fourth-order valence-electron chi connectivity index (χ4n) is 1.17. The van der Waals surface area contributed by atoms with Gasteiger partial charge in [-0.1, -0.05) is 11.6 Å². The van der Waals surface area contributed by atoms with Gasteiger partial charge in [-0.3, -0.25) is 14.9 Å². The monoisotopic (exact) mass is 243 g/mol. The molecule has 1 aromatic carbocycles. The van der Waals surface area contributed by atoms with E-state index in [-0.39, 0.29) is 10.6 Å². The first-order valence-corrected chi connectivity index (χ1v) is 4.41. The zero-order valence-corrected chi connectivity index (χ0v) is 8.85. The van der Waals surface area contributed by atoms with Crippen molar-refractivity contribution in [2.75, 3.05) is 7.11 Å². The number of carbonyl (C=O) groups is 2. The standard InChI is InChI=1S/C9H6ClNO5/c1-16-9(13)7-5(4-12)2-3-6(10)8(7)11(14)15/h2-4H,1H3. The van der Waals surface area contributed by atoms with Crippen molar-refractivity contribution in [2.24, 2.45) is 0 Å². The average molecular weight is 244 g/mol. The summed E-state index contributed by atoms with van der Waals surface area (Å²) in [4.78, 5) is 31.9. The lowest BCUT2D eigenvalue weighted by molar-refractivity contribution is -0.385. The first kappa shape index (κ1) is 12.1. The van der Waals surface area contributed by atoms with Crippen LogP contribution in [0.3, 0.4) is 0 Å². The zero-order valence-electron chi connectivity index (χ0n) is 8.10. The molecule has 0 atom stereocenters. The number of methoxy groups -OCH3 is 1. The van der Waals surface area contributed by atoms with Gasteiger partial charge >= 0.3 is 11.7 Å². The third kappa shape index (κ3) is 2.01. The van der Waals surface area contributed by atoms with Crippen LogP contribution >= 0.6 is 11.6 Å². The molecule has 0 fully saturated rings. The van der Waals surface area contributed by atoms with E-state index in [1.807, 2.05) is 0 Å². The first-order chi connectivity index (χ1) is 7.52. The fraction of sp³-hybridized carbons (Fsp3) is 0.111. The van der Waals surface area contributed by atoms with Crippen LogP contribution in [0.25, 0.3) is 0 Å². The van der Waals surface area contributed by atoms with Crippen molar-refractivity contribution >= 4 is 29.5 Å². The minimum atomic E-state index is -0.976. The zero-order chi connectivity index (χ0) is 12.3. The van der Waals surface area contributed by atoms with E-state index in [4.69, 9.17) is 11.6 Å². The molecule has 0 aliphatic carbocycles. The van der Waals surface area contributed by atoms with Crippen molar-refractivity contribution in [1.82, 2.24) is 0 Å². The van der Waals surface area contributed by atoms with Gasteiger partial charge in [-0.2, -0.15) is 0 Å². The van der Waals surface area contributed by atoms with Crippen molar-refractivity contribution < 1.29 is 19.2 Å². The van der Waals surface area contributed by atoms with E-state index < -0.39 is 22.1 Å². The number of nitro groups is 1. The molecule has 16 heavy (non-hydrogen) atoms. The molecule has 0 unspecified atom stereocenters. The summed E-state index contributed by atoms with van der Waals surface area (Å²) in [6.45, 7) is 0. The van der Waals surface area contributed by atoms with Crippen molar-refractivity contribution in [3.8, 4) is 0 Å². The number of hydrogen-bond donors (Lipinski definition) is 0. The minimum absolute atomic E-state index is 0.136. The van der Waals surface area contributed by atoms with E-state index in [1.54, 1.807) is 0 Å². The summed E-state index contributed by atoms with van der Waals surface area (Å²) < 4.78 is 4.36. The Balaban J connectivity index is 3.61. The number of rotatable bonds is 3. The van der Waals surface area contributed by atoms with Crippen molar-refractivity contribution in [3.05, 3.63) is 38.4 Å². The van der Waals surface area contributed by atoms with Gasteiger partial charge in [0.1, 0.15) is 10.6 Å². The van der Waals surface area contributed by atoms with Gasteiger partial charge in [0.2, 0.25) is 0 Å². The number of nitrogens with zero attached hydrogens (tertiary/aromatic N) is 1. The largest absolute Gasteiger partial charge is 0.465 e. The average Bonchev–Trinajstić information content (AvgIpc) is 2.27. The Hall–Kier alpha value is -1.95. The molecule has 6 nitrogen and oxygen atoms in total. The summed E-state index contributed by atoms with van der Waals surface area (Å²) >= 11 is 5.59. The Kier molecular flexibility index (Phi) is 3.57. The summed E-state index contributed by atoms with van der Waals surface area (Å²) in [5.74, 6) is -0.976. The molecule has 0 aromatic heterocycles. The number of benzene rings is 1. The second-order valence-electron chi connectivity index (χ2n) is 2.73. The maximum Gasteiger partial charge on any atom is 0.345 e. The highest BCUT2D eigenvalue weighted by Crippen LogP contribution is 2.30. The number of hydrogen-bond acceptors (Lipinski definition) is 5. The molecule has 0 N–H and O–H groups in total. The maximum absolute atomic E-state index is 11.3. The molecule has 7 heteroatoms. The van der Waals surface area contributed by atoms with Crippen molar-refractivity contribution in [3.63, 3.8) is 0 Å². The maximum atomic E-state index is 11.3. The summed E-state index contributed by atoms with van der Waals surface area (Å²) in [5, 5.41) is 10.5. The molecule has 0 amide bonds. The molecule has 1 rings (SSSR count). The Labute approximate surface area is 94.9 Å². The van der Waals surface area contributed by atoms with Crippen LogP contribution in [0.5, 0.6) is 0 Å². The van der Waals surface area contributed by atoms with Crippen LogP contribution in [0.1, 0.15) is 20.7 Å². The summed E-state index contributed by atoms with van der Waals surface area (Å²) in [5.41, 5.74) is -1.20. The molecule has 1 aromatic rings. The number of nitro benzene ring substituents is 1. The summed E-state index contributed by atoms with van der Waals surface area (Å²) in [6, 6.07) is 2.39. The molecule has 0 aliphatic heterocycles. The molecular formula is C9H6ClNO5. The van der Waals surface area contributed by atoms with E-state index in [0.717, 1.165) is 7.11 Å². The molecule has 0 radical (unpaired) electrons. The second-order valence-corrected chi connectivity index (χ2v) is 3.13. The first-order valence-electron chi connectivity index (χ1n) is 4.03. The third-order valence-corrected chi connectivity index (χ3v) is 2.16. The lowest BCUT2D eigenvalue weighted by atomic mass is 10.1. The SMILES string of the molecule is COC(=O)c1c(C=O)ccc(Cl)c1[N+](=O)[O-]. The summed E-state index contributed by atoms with van der Waals surface area (Å²) in [7, 11) is 1.06. The number of aldehydes is 1. The highest BCUT2D eigenvalue weighted by Gasteiger charge is 2.28. The number of halogens is 1. The number of carbonyl (C=O) groups excluding carboxylic acids is 2. The smallest absolute Gasteiger partial charge is 0.345 e. The van der Waals surface area contributed by atoms with Gasteiger partial charge in [-0.15, -0.1) is 0 Å². The van der Waals surface area contributed by atoms with Crippen molar-refractivity contribution in [2.45, 2.75) is 0 Å². The van der Waals surface area contributed by atoms with Crippen LogP contribution in [-0.4, -0.2) is 24.3 Å². The van der Waals surface area contributed by atoms with Crippen LogP contribution in [0.4, 0.5) is 5.69 Å². The molecule has 0 saturated carbocycles. The lowest BCUT2D eigenvalue weighted by Crippen LogP contribution is -2.09. The molecule has 84 valence electrons. The number of esters is 1. The molecular weight excluding hydrogens is 238 g/mol. The number of ether oxygens (including phenoxy) is 1. The van der Waals surface area contributed by atoms with Crippen LogP contribution in [0.15, 0.2) is 12.1 Å². The Morgan fingerprint density at radius 1 is 1.56 bits per heavy atom. The predicted molar refractivity (Wildman–Crippen MR) is 54.8 cm³/mol. The molecule has 0 aliphatic rings. The van der Waals surface area contributed by atoms with Gasteiger partial charge in [0.05, 0.1) is 12.0 Å². The molecule has 0 bridgehead atoms. The van der Waals surface area contributed by atoms with E-state index in [2.05, 4.69) is 4.74 Å². The summed E-state index contributed by atoms with van der Waals surface area (Å²) in [6.07, 6.45) is 0.329. The molecule has 0 heterocycles. The topological polar surface area (TPSA) is 86.5 Å². The third-order valence-electron chi connectivity index (χ3n) is 1.86. The van der Waals surface area contributed by atoms with E-state index >= 15 is 0 Å². The second kappa shape index (κ2) is 4.71. The Morgan fingerprint density at radius 3 is 2.62 bits per heavy atom. The minimum Gasteiger partial charge on any atom is -0.465 e. The van der Waals surface area contributed by atoms with Gasteiger partial charge in [-0.05, 0) is 12.1 Å². The molecule has 0 spiro atoms. The highest BCUT2D eigenvalue weighted by atomic mass is 35.5. The van der Waals surface area contributed by atoms with Crippen LogP contribution < -0.4 is 0 Å². The van der Waals surface area contributed by atoms with Crippen LogP contribution in [0, 0.1) is 10.1 Å². The highest BCUT2D eigenvalue weighted by molar-refractivity contribution is 6.33. The van der Waals surface area contributed by atoms with Crippen molar-refractivity contribution in [1.29, 1.82) is 0 Å². The normalized spacial score (nSPS) is 9.62. The Morgan fingerprint density at radius 2 is 2.19 bits per heavy atom. The predicted octanol–water partition coefficient (Wildman–Crippen LogP) is 1.85. The van der Waals surface area contributed by atoms with Gasteiger partial charge in [0, 0.05) is 5.56 Å². The quantitative estimate of drug-likeness (QED) is 0.350. The van der Waals surface area contributed by atoms with Crippen LogP contribution in [-0.2, 0) is 4.74 Å². The lowest BCUT2D eigenvalue weighted by Gasteiger charge is -2.04. The van der Waals surface area contributed by atoms with E-state index in [9.17, 15) is 19.7 Å². The Bertz CT molecular complexity index is 471. The van der Waals surface area contributed by atoms with Gasteiger partial charge in [0.15, 0.2) is 6.29 Å².